The first kappa shape index (κ1) is 10.0. The van der Waals surface area contributed by atoms with E-state index in [1.165, 1.54) is 5.56 Å². The second-order valence-electron chi connectivity index (χ2n) is 3.15. The van der Waals surface area contributed by atoms with E-state index in [4.69, 9.17) is 17.3 Å². The second kappa shape index (κ2) is 3.93. The fraction of sp³-hybridized carbons (Fsp3) is 0.200. The first-order valence-electron chi connectivity index (χ1n) is 4.38. The maximum Gasteiger partial charge on any atom is 0.0863 e. The van der Waals surface area contributed by atoms with Gasteiger partial charge in [0, 0.05) is 15.9 Å². The molecule has 0 bridgehead atoms. The lowest BCUT2D eigenvalue weighted by Crippen LogP contribution is -2.02. The summed E-state index contributed by atoms with van der Waals surface area (Å²) in [6.07, 6.45) is 0.848. The van der Waals surface area contributed by atoms with Crippen LogP contribution in [-0.2, 0) is 6.42 Å². The molecule has 0 aliphatic rings. The largest absolute Gasteiger partial charge is 0.349 e. The number of rotatable bonds is 2. The van der Waals surface area contributed by atoms with Gasteiger partial charge in [-0.2, -0.15) is 0 Å². The molecule has 0 amide bonds. The summed E-state index contributed by atoms with van der Waals surface area (Å²) in [4.78, 5) is 3.24. The average Bonchev–Trinajstić information content (AvgIpc) is 2.45. The van der Waals surface area contributed by atoms with Crippen molar-refractivity contribution in [1.82, 2.24) is 4.98 Å². The van der Waals surface area contributed by atoms with Crippen LogP contribution >= 0.6 is 27.5 Å². The second-order valence-corrected chi connectivity index (χ2v) is 4.38. The Balaban J connectivity index is 2.66. The van der Waals surface area contributed by atoms with Crippen LogP contribution in [0.2, 0.25) is 5.02 Å². The Hall–Kier alpha value is -0.510. The fourth-order valence-electron chi connectivity index (χ4n) is 1.58. The van der Waals surface area contributed by atoms with E-state index in [-0.39, 0.29) is 0 Å². The summed E-state index contributed by atoms with van der Waals surface area (Å²) in [6, 6.07) is 5.81. The van der Waals surface area contributed by atoms with Crippen molar-refractivity contribution < 1.29 is 0 Å². The molecule has 1 aromatic heterocycles. The molecule has 74 valence electrons. The number of aromatic amines is 1. The minimum Gasteiger partial charge on any atom is -0.349 e. The number of hydrogen-bond donors (Lipinski definition) is 2. The average molecular weight is 274 g/mol. The molecule has 1 aromatic carbocycles. The van der Waals surface area contributed by atoms with Gasteiger partial charge in [-0.05, 0) is 52.7 Å². The predicted octanol–water partition coefficient (Wildman–Crippen LogP) is 3.09. The van der Waals surface area contributed by atoms with E-state index in [0.29, 0.717) is 6.54 Å². The summed E-state index contributed by atoms with van der Waals surface area (Å²) < 4.78 is 1.00. The molecule has 0 aliphatic heterocycles. The standard InChI is InChI=1S/C10H10BrClN2/c11-10-7(3-4-13)8-5-6(12)1-2-9(8)14-10/h1-2,5,14H,3-4,13H2. The number of fused-ring (bicyclic) bond motifs is 1. The Morgan fingerprint density at radius 3 is 2.93 bits per heavy atom. The van der Waals surface area contributed by atoms with Gasteiger partial charge >= 0.3 is 0 Å². The Bertz CT molecular complexity index is 464. The highest BCUT2D eigenvalue weighted by Gasteiger charge is 2.08. The summed E-state index contributed by atoms with van der Waals surface area (Å²) in [5.74, 6) is 0. The molecule has 2 nitrogen and oxygen atoms in total. The molecule has 0 fully saturated rings. The van der Waals surface area contributed by atoms with Gasteiger partial charge in [0.1, 0.15) is 0 Å². The van der Waals surface area contributed by atoms with Crippen molar-refractivity contribution in [2.75, 3.05) is 6.54 Å². The molecule has 14 heavy (non-hydrogen) atoms. The topological polar surface area (TPSA) is 41.8 Å². The van der Waals surface area contributed by atoms with Crippen LogP contribution < -0.4 is 5.73 Å². The van der Waals surface area contributed by atoms with Crippen molar-refractivity contribution in [3.05, 3.63) is 33.4 Å². The molecule has 0 atom stereocenters. The summed E-state index contributed by atoms with van der Waals surface area (Å²) in [7, 11) is 0. The van der Waals surface area contributed by atoms with Crippen LogP contribution in [0, 0.1) is 0 Å². The van der Waals surface area contributed by atoms with Crippen molar-refractivity contribution in [2.45, 2.75) is 6.42 Å². The maximum absolute atomic E-state index is 5.94. The van der Waals surface area contributed by atoms with E-state index < -0.39 is 0 Å². The highest BCUT2D eigenvalue weighted by molar-refractivity contribution is 9.10. The molecule has 0 radical (unpaired) electrons. The summed E-state index contributed by atoms with van der Waals surface area (Å²) in [5.41, 5.74) is 7.84. The minimum absolute atomic E-state index is 0.637. The van der Waals surface area contributed by atoms with Gasteiger partial charge in [-0.15, -0.1) is 0 Å². The Morgan fingerprint density at radius 2 is 2.21 bits per heavy atom. The van der Waals surface area contributed by atoms with Crippen LogP contribution in [0.5, 0.6) is 0 Å². The summed E-state index contributed by atoms with van der Waals surface area (Å²) >= 11 is 9.42. The first-order chi connectivity index (χ1) is 6.72. The number of H-pyrrole nitrogens is 1. The predicted molar refractivity (Wildman–Crippen MR) is 63.8 cm³/mol. The van der Waals surface area contributed by atoms with Crippen LogP contribution in [0.25, 0.3) is 10.9 Å². The Morgan fingerprint density at radius 1 is 1.43 bits per heavy atom. The molecule has 0 unspecified atom stereocenters. The SMILES string of the molecule is NCCc1c(Br)[nH]c2ccc(Cl)cc12. The molecule has 0 aliphatic carbocycles. The van der Waals surface area contributed by atoms with E-state index >= 15 is 0 Å². The third kappa shape index (κ3) is 1.67. The Labute approximate surface area is 95.6 Å². The lowest BCUT2D eigenvalue weighted by Gasteiger charge is -1.97. The highest BCUT2D eigenvalue weighted by Crippen LogP contribution is 2.28. The fourth-order valence-corrected chi connectivity index (χ4v) is 2.37. The van der Waals surface area contributed by atoms with Gasteiger partial charge in [0.25, 0.3) is 0 Å². The molecule has 0 saturated carbocycles. The normalized spacial score (nSPS) is 11.1. The highest BCUT2D eigenvalue weighted by atomic mass is 79.9. The van der Waals surface area contributed by atoms with Crippen molar-refractivity contribution in [2.24, 2.45) is 5.73 Å². The molecule has 2 aromatic rings. The van der Waals surface area contributed by atoms with Gasteiger partial charge < -0.3 is 10.7 Å². The summed E-state index contributed by atoms with van der Waals surface area (Å²) in [6.45, 7) is 0.637. The van der Waals surface area contributed by atoms with Crippen LogP contribution in [0.4, 0.5) is 0 Å². The first-order valence-corrected chi connectivity index (χ1v) is 5.55. The maximum atomic E-state index is 5.94. The van der Waals surface area contributed by atoms with Gasteiger partial charge in [-0.1, -0.05) is 11.6 Å². The van der Waals surface area contributed by atoms with E-state index in [2.05, 4.69) is 20.9 Å². The molecular formula is C10H10BrClN2. The summed E-state index contributed by atoms with van der Waals surface area (Å²) in [5, 5.41) is 1.90. The third-order valence-electron chi connectivity index (χ3n) is 2.21. The smallest absolute Gasteiger partial charge is 0.0863 e. The lowest BCUT2D eigenvalue weighted by atomic mass is 10.1. The van der Waals surface area contributed by atoms with Gasteiger partial charge in [-0.25, -0.2) is 0 Å². The zero-order valence-electron chi connectivity index (χ0n) is 7.48. The van der Waals surface area contributed by atoms with Gasteiger partial charge in [0.05, 0.1) is 4.60 Å². The number of aromatic nitrogens is 1. The lowest BCUT2D eigenvalue weighted by molar-refractivity contribution is 0.970. The molecular weight excluding hydrogens is 263 g/mol. The van der Waals surface area contributed by atoms with Crippen molar-refractivity contribution in [3.8, 4) is 0 Å². The molecule has 1 heterocycles. The number of nitrogens with two attached hydrogens (primary N) is 1. The van der Waals surface area contributed by atoms with Gasteiger partial charge in [0.2, 0.25) is 0 Å². The van der Waals surface area contributed by atoms with Gasteiger partial charge in [0.15, 0.2) is 0 Å². The number of halogens is 2. The van der Waals surface area contributed by atoms with E-state index in [0.717, 1.165) is 26.9 Å². The van der Waals surface area contributed by atoms with Crippen LogP contribution in [-0.4, -0.2) is 11.5 Å². The zero-order chi connectivity index (χ0) is 10.1. The Kier molecular flexibility index (Phi) is 2.81. The van der Waals surface area contributed by atoms with E-state index in [1.54, 1.807) is 0 Å². The van der Waals surface area contributed by atoms with Gasteiger partial charge in [-0.3, -0.25) is 0 Å². The molecule has 2 rings (SSSR count). The number of hydrogen-bond acceptors (Lipinski definition) is 1. The quantitative estimate of drug-likeness (QED) is 0.867. The van der Waals surface area contributed by atoms with Crippen molar-refractivity contribution >= 4 is 38.4 Å². The van der Waals surface area contributed by atoms with Crippen LogP contribution in [0.3, 0.4) is 0 Å². The third-order valence-corrected chi connectivity index (χ3v) is 3.12. The van der Waals surface area contributed by atoms with E-state index in [1.807, 2.05) is 18.2 Å². The number of nitrogens with one attached hydrogen (secondary N) is 1. The van der Waals surface area contributed by atoms with Crippen LogP contribution in [0.1, 0.15) is 5.56 Å². The van der Waals surface area contributed by atoms with Crippen molar-refractivity contribution in [3.63, 3.8) is 0 Å². The van der Waals surface area contributed by atoms with Crippen LogP contribution in [0.15, 0.2) is 22.8 Å². The number of benzene rings is 1. The van der Waals surface area contributed by atoms with E-state index in [9.17, 15) is 0 Å². The van der Waals surface area contributed by atoms with Crippen molar-refractivity contribution in [1.29, 1.82) is 0 Å². The molecule has 0 saturated heterocycles. The minimum atomic E-state index is 0.637. The monoisotopic (exact) mass is 272 g/mol. The molecule has 0 spiro atoms. The molecule has 4 heteroatoms. The molecule has 3 N–H and O–H groups in total. The zero-order valence-corrected chi connectivity index (χ0v) is 9.82.